The molecule has 8 nitrogen and oxygen atoms in total. The number of fused-ring (bicyclic) bond motifs is 1. The molecular weight excluding hydrogens is 404 g/mol. The Morgan fingerprint density at radius 1 is 1.17 bits per heavy atom. The van der Waals surface area contributed by atoms with Crippen molar-refractivity contribution in [3.05, 3.63) is 29.5 Å². The number of hydrogen-bond acceptors (Lipinski definition) is 6. The van der Waals surface area contributed by atoms with Gasteiger partial charge in [-0.3, -0.25) is 14.0 Å². The van der Waals surface area contributed by atoms with Gasteiger partial charge in [-0.1, -0.05) is 12.8 Å². The van der Waals surface area contributed by atoms with Crippen LogP contribution in [0.4, 0.5) is 16.3 Å². The first kappa shape index (κ1) is 20.6. The third-order valence-corrected chi connectivity index (χ3v) is 6.52. The largest absolute Gasteiger partial charge is 0.497 e. The summed E-state index contributed by atoms with van der Waals surface area (Å²) in [5.74, 6) is 1.85. The number of benzene rings is 1. The summed E-state index contributed by atoms with van der Waals surface area (Å²) >= 11 is 0. The summed E-state index contributed by atoms with van der Waals surface area (Å²) < 4.78 is 22.9. The monoisotopic (exact) mass is 430 g/mol. The Kier molecular flexibility index (Phi) is 5.64. The van der Waals surface area contributed by atoms with Crippen molar-refractivity contribution in [2.24, 2.45) is 0 Å². The average Bonchev–Trinajstić information content (AvgIpc) is 3.27. The zero-order chi connectivity index (χ0) is 21.4. The highest BCUT2D eigenvalue weighted by molar-refractivity contribution is 7.84. The van der Waals surface area contributed by atoms with Crippen LogP contribution in [0.15, 0.2) is 23.5 Å². The number of aromatic nitrogens is 2. The normalized spacial score (nSPS) is 17.8. The molecule has 9 heteroatoms. The van der Waals surface area contributed by atoms with Crippen molar-refractivity contribution >= 4 is 28.3 Å². The number of methoxy groups -OCH3 is 2. The summed E-state index contributed by atoms with van der Waals surface area (Å²) in [6, 6.07) is 3.59. The van der Waals surface area contributed by atoms with Crippen LogP contribution in [0.2, 0.25) is 0 Å². The van der Waals surface area contributed by atoms with Crippen LogP contribution in [0.25, 0.3) is 0 Å². The molecule has 2 aromatic rings. The van der Waals surface area contributed by atoms with E-state index in [-0.39, 0.29) is 17.2 Å². The van der Waals surface area contributed by atoms with Gasteiger partial charge >= 0.3 is 6.03 Å². The first-order valence-electron chi connectivity index (χ1n) is 9.97. The van der Waals surface area contributed by atoms with Crippen LogP contribution < -0.4 is 19.3 Å². The van der Waals surface area contributed by atoms with E-state index in [1.807, 2.05) is 19.1 Å². The first-order chi connectivity index (χ1) is 14.4. The molecule has 0 N–H and O–H groups in total. The van der Waals surface area contributed by atoms with Gasteiger partial charge in [-0.2, -0.15) is 0 Å². The molecular formula is C21H26N4O4S. The zero-order valence-corrected chi connectivity index (χ0v) is 18.5. The van der Waals surface area contributed by atoms with Gasteiger partial charge in [0.25, 0.3) is 0 Å². The highest BCUT2D eigenvalue weighted by Crippen LogP contribution is 2.40. The van der Waals surface area contributed by atoms with E-state index in [4.69, 9.17) is 9.47 Å². The Hall–Kier alpha value is -2.68. The van der Waals surface area contributed by atoms with Crippen LogP contribution >= 0.6 is 0 Å². The topological polar surface area (TPSA) is 84.9 Å². The van der Waals surface area contributed by atoms with Crippen molar-refractivity contribution in [3.63, 3.8) is 0 Å². The Bertz CT molecular complexity index is 1010. The third-order valence-electron chi connectivity index (χ3n) is 5.81. The number of ether oxygens (including phenoxy) is 2. The molecule has 1 aromatic heterocycles. The van der Waals surface area contributed by atoms with Gasteiger partial charge in [-0.15, -0.1) is 0 Å². The maximum absolute atomic E-state index is 13.7. The van der Waals surface area contributed by atoms with Crippen LogP contribution in [0.5, 0.6) is 11.5 Å². The minimum Gasteiger partial charge on any atom is -0.497 e. The lowest BCUT2D eigenvalue weighted by atomic mass is 10.1. The van der Waals surface area contributed by atoms with E-state index in [9.17, 15) is 9.00 Å². The van der Waals surface area contributed by atoms with E-state index < -0.39 is 10.8 Å². The van der Waals surface area contributed by atoms with E-state index in [1.165, 1.54) is 0 Å². The van der Waals surface area contributed by atoms with Crippen molar-refractivity contribution in [1.82, 2.24) is 9.97 Å². The number of carbonyl (C=O) groups is 1. The molecule has 1 unspecified atom stereocenters. The summed E-state index contributed by atoms with van der Waals surface area (Å²) in [5.41, 5.74) is 2.42. The predicted octanol–water partition coefficient (Wildman–Crippen LogP) is 3.43. The smallest absolute Gasteiger partial charge is 0.330 e. The molecule has 160 valence electrons. The maximum atomic E-state index is 13.7. The second-order valence-electron chi connectivity index (χ2n) is 7.61. The number of anilines is 2. The zero-order valence-electron chi connectivity index (χ0n) is 17.7. The van der Waals surface area contributed by atoms with Crippen molar-refractivity contribution in [2.45, 2.75) is 50.4 Å². The van der Waals surface area contributed by atoms with Gasteiger partial charge in [-0.05, 0) is 19.8 Å². The molecule has 1 saturated carbocycles. The summed E-state index contributed by atoms with van der Waals surface area (Å²) in [6.07, 6.45) is 7.24. The highest BCUT2D eigenvalue weighted by atomic mass is 32.2. The van der Waals surface area contributed by atoms with Gasteiger partial charge in [0.05, 0.1) is 37.3 Å². The Labute approximate surface area is 178 Å². The fraction of sp³-hybridized carbons (Fsp3) is 0.476. The minimum absolute atomic E-state index is 0.0694. The lowest BCUT2D eigenvalue weighted by Crippen LogP contribution is -2.52. The van der Waals surface area contributed by atoms with E-state index >= 15 is 0 Å². The summed E-state index contributed by atoms with van der Waals surface area (Å²) in [4.78, 5) is 26.0. The minimum atomic E-state index is -1.32. The molecule has 1 fully saturated rings. The molecule has 30 heavy (non-hydrogen) atoms. The molecule has 4 rings (SSSR count). The van der Waals surface area contributed by atoms with Crippen LogP contribution in [0.1, 0.15) is 36.8 Å². The molecule has 0 bridgehead atoms. The summed E-state index contributed by atoms with van der Waals surface area (Å²) in [7, 11) is 1.87. The first-order valence-corrected chi connectivity index (χ1v) is 11.5. The summed E-state index contributed by atoms with van der Waals surface area (Å²) in [6.45, 7) is 2.25. The maximum Gasteiger partial charge on any atom is 0.330 e. The van der Waals surface area contributed by atoms with E-state index in [1.54, 1.807) is 36.5 Å². The van der Waals surface area contributed by atoms with Gasteiger partial charge in [0, 0.05) is 41.8 Å². The molecule has 0 radical (unpaired) electrons. The van der Waals surface area contributed by atoms with E-state index in [2.05, 4.69) is 9.97 Å². The predicted molar refractivity (Wildman–Crippen MR) is 115 cm³/mol. The molecule has 0 spiro atoms. The lowest BCUT2D eigenvalue weighted by molar-refractivity contribution is 0.247. The molecule has 1 aromatic carbocycles. The SMILES string of the molecule is COc1cc(OC)c(C)c(N2Cc3cnc(S(C)=O)nc3N(C3CCCC3)C2=O)c1. The fourth-order valence-electron chi connectivity index (χ4n) is 4.24. The highest BCUT2D eigenvalue weighted by Gasteiger charge is 2.39. The van der Waals surface area contributed by atoms with Crippen molar-refractivity contribution in [1.29, 1.82) is 0 Å². The quantitative estimate of drug-likeness (QED) is 0.676. The number of hydrogen-bond donors (Lipinski definition) is 0. The number of carbonyl (C=O) groups excluding carboxylic acids is 1. The molecule has 1 atom stereocenters. The molecule has 0 saturated heterocycles. The van der Waals surface area contributed by atoms with Crippen LogP contribution in [0, 0.1) is 6.92 Å². The van der Waals surface area contributed by atoms with Crippen LogP contribution in [0.3, 0.4) is 0 Å². The van der Waals surface area contributed by atoms with Gasteiger partial charge in [0.2, 0.25) is 5.16 Å². The third kappa shape index (κ3) is 3.51. The number of nitrogens with zero attached hydrogens (tertiary/aromatic N) is 4. The number of rotatable bonds is 5. The van der Waals surface area contributed by atoms with Crippen molar-refractivity contribution in [2.75, 3.05) is 30.3 Å². The van der Waals surface area contributed by atoms with Crippen molar-refractivity contribution in [3.8, 4) is 11.5 Å². The van der Waals surface area contributed by atoms with Crippen LogP contribution in [-0.4, -0.2) is 46.7 Å². The Morgan fingerprint density at radius 3 is 2.53 bits per heavy atom. The van der Waals surface area contributed by atoms with Crippen LogP contribution in [-0.2, 0) is 17.3 Å². The van der Waals surface area contributed by atoms with Gasteiger partial charge in [0.1, 0.15) is 17.3 Å². The molecule has 1 aliphatic heterocycles. The summed E-state index contributed by atoms with van der Waals surface area (Å²) in [5, 5.41) is 0.247. The number of urea groups is 1. The number of amides is 2. The van der Waals surface area contributed by atoms with E-state index in [0.29, 0.717) is 23.9 Å². The standard InChI is InChI=1S/C21H26N4O4S/c1-13-17(9-16(28-2)10-18(13)29-3)24-12-14-11-22-20(30(4)27)23-19(14)25(21(24)26)15-7-5-6-8-15/h9-11,15H,5-8,12H2,1-4H3. The van der Waals surface area contributed by atoms with E-state index in [0.717, 1.165) is 42.5 Å². The molecule has 2 amide bonds. The van der Waals surface area contributed by atoms with Gasteiger partial charge in [0.15, 0.2) is 0 Å². The lowest BCUT2D eigenvalue weighted by Gasteiger charge is -2.39. The van der Waals surface area contributed by atoms with Gasteiger partial charge in [-0.25, -0.2) is 14.8 Å². The second-order valence-corrected chi connectivity index (χ2v) is 8.88. The Morgan fingerprint density at radius 2 is 1.90 bits per heavy atom. The molecule has 1 aliphatic carbocycles. The fourth-order valence-corrected chi connectivity index (χ4v) is 4.65. The van der Waals surface area contributed by atoms with Crippen molar-refractivity contribution < 1.29 is 18.5 Å². The second kappa shape index (κ2) is 8.22. The molecule has 2 heterocycles. The average molecular weight is 431 g/mol. The molecule has 2 aliphatic rings. The van der Waals surface area contributed by atoms with Gasteiger partial charge < -0.3 is 9.47 Å². The Balaban J connectivity index is 1.84.